The number of rotatable bonds is 7. The van der Waals surface area contributed by atoms with Crippen LogP contribution in [0.5, 0.6) is 0 Å². The van der Waals surface area contributed by atoms with Crippen LogP contribution >= 0.6 is 0 Å². The monoisotopic (exact) mass is 289 g/mol. The number of hydrogen-bond donors (Lipinski definition) is 1. The summed E-state index contributed by atoms with van der Waals surface area (Å²) in [7, 11) is 0. The zero-order valence-electron chi connectivity index (χ0n) is 13.2. The maximum Gasteiger partial charge on any atom is 0.230 e. The third-order valence-electron chi connectivity index (χ3n) is 3.26. The van der Waals surface area contributed by atoms with Crippen molar-refractivity contribution in [2.75, 3.05) is 29.9 Å². The van der Waals surface area contributed by atoms with Gasteiger partial charge < -0.3 is 14.8 Å². The van der Waals surface area contributed by atoms with E-state index < -0.39 is 0 Å². The quantitative estimate of drug-likeness (QED) is 0.841. The molecule has 0 radical (unpaired) electrons. The van der Waals surface area contributed by atoms with Crippen molar-refractivity contribution in [1.82, 2.24) is 24.5 Å². The predicted molar refractivity (Wildman–Crippen MR) is 84.4 cm³/mol. The fourth-order valence-corrected chi connectivity index (χ4v) is 2.12. The standard InChI is InChI=1S/C14H23N7/c1-5-15-13-17-11(12-16-9-10-21(12)8-4)18-14(19-13)20(6-2)7-3/h9-10H,5-8H2,1-4H3,(H,15,17,18,19). The van der Waals surface area contributed by atoms with Gasteiger partial charge in [0.2, 0.25) is 17.7 Å². The lowest BCUT2D eigenvalue weighted by Crippen LogP contribution is -2.25. The van der Waals surface area contributed by atoms with Gasteiger partial charge in [-0.15, -0.1) is 0 Å². The molecular formula is C14H23N7. The fourth-order valence-electron chi connectivity index (χ4n) is 2.12. The van der Waals surface area contributed by atoms with Gasteiger partial charge in [-0.3, -0.25) is 0 Å². The highest BCUT2D eigenvalue weighted by Gasteiger charge is 2.15. The van der Waals surface area contributed by atoms with Crippen LogP contribution in [0.1, 0.15) is 27.7 Å². The molecule has 7 heteroatoms. The third kappa shape index (κ3) is 3.29. The zero-order chi connectivity index (χ0) is 15.2. The summed E-state index contributed by atoms with van der Waals surface area (Å²) in [4.78, 5) is 20.0. The van der Waals surface area contributed by atoms with Crippen LogP contribution in [0, 0.1) is 0 Å². The average molecular weight is 289 g/mol. The molecule has 2 aromatic heterocycles. The second kappa shape index (κ2) is 7.01. The summed E-state index contributed by atoms with van der Waals surface area (Å²) in [6.45, 7) is 11.6. The van der Waals surface area contributed by atoms with Crippen LogP contribution in [0.25, 0.3) is 11.6 Å². The Morgan fingerprint density at radius 2 is 1.86 bits per heavy atom. The number of nitrogens with one attached hydrogen (secondary N) is 1. The van der Waals surface area contributed by atoms with Gasteiger partial charge in [0, 0.05) is 38.6 Å². The van der Waals surface area contributed by atoms with Crippen LogP contribution in [-0.4, -0.2) is 44.1 Å². The van der Waals surface area contributed by atoms with E-state index in [-0.39, 0.29) is 0 Å². The molecule has 21 heavy (non-hydrogen) atoms. The number of imidazole rings is 1. The van der Waals surface area contributed by atoms with Crippen molar-refractivity contribution in [3.8, 4) is 11.6 Å². The lowest BCUT2D eigenvalue weighted by atomic mass is 10.5. The first-order valence-electron chi connectivity index (χ1n) is 7.49. The van der Waals surface area contributed by atoms with Gasteiger partial charge >= 0.3 is 0 Å². The summed E-state index contributed by atoms with van der Waals surface area (Å²) in [5.74, 6) is 2.66. The number of aryl methyl sites for hydroxylation is 1. The molecule has 0 aromatic carbocycles. The van der Waals surface area contributed by atoms with Gasteiger partial charge in [-0.25, -0.2) is 4.98 Å². The van der Waals surface area contributed by atoms with Gasteiger partial charge in [-0.05, 0) is 27.7 Å². The fraction of sp³-hybridized carbons (Fsp3) is 0.571. The molecule has 0 saturated heterocycles. The minimum Gasteiger partial charge on any atom is -0.354 e. The van der Waals surface area contributed by atoms with Gasteiger partial charge in [0.25, 0.3) is 0 Å². The molecule has 0 amide bonds. The summed E-state index contributed by atoms with van der Waals surface area (Å²) in [6.07, 6.45) is 3.70. The number of hydrogen-bond acceptors (Lipinski definition) is 6. The van der Waals surface area contributed by atoms with Crippen LogP contribution in [0.4, 0.5) is 11.9 Å². The lowest BCUT2D eigenvalue weighted by Gasteiger charge is -2.19. The molecule has 2 aromatic rings. The summed E-state index contributed by atoms with van der Waals surface area (Å²) in [6, 6.07) is 0. The van der Waals surface area contributed by atoms with Crippen LogP contribution in [-0.2, 0) is 6.54 Å². The van der Waals surface area contributed by atoms with Gasteiger partial charge in [-0.1, -0.05) is 0 Å². The first-order chi connectivity index (χ1) is 10.2. The third-order valence-corrected chi connectivity index (χ3v) is 3.26. The number of aromatic nitrogens is 5. The van der Waals surface area contributed by atoms with Crippen molar-refractivity contribution in [3.63, 3.8) is 0 Å². The Kier molecular flexibility index (Phi) is 5.08. The molecule has 0 bridgehead atoms. The van der Waals surface area contributed by atoms with Gasteiger partial charge in [0.05, 0.1) is 0 Å². The van der Waals surface area contributed by atoms with E-state index in [2.05, 4.69) is 50.9 Å². The molecule has 0 aliphatic rings. The van der Waals surface area contributed by atoms with Crippen molar-refractivity contribution >= 4 is 11.9 Å². The molecule has 0 spiro atoms. The summed E-state index contributed by atoms with van der Waals surface area (Å²) >= 11 is 0. The topological polar surface area (TPSA) is 71.8 Å². The number of nitrogens with zero attached hydrogens (tertiary/aromatic N) is 6. The minimum absolute atomic E-state index is 0.593. The summed E-state index contributed by atoms with van der Waals surface area (Å²) < 4.78 is 2.02. The van der Waals surface area contributed by atoms with Gasteiger partial charge in [-0.2, -0.15) is 15.0 Å². The maximum absolute atomic E-state index is 4.59. The molecule has 0 unspecified atom stereocenters. The van der Waals surface area contributed by atoms with Crippen molar-refractivity contribution in [2.24, 2.45) is 0 Å². The molecule has 0 atom stereocenters. The van der Waals surface area contributed by atoms with Crippen molar-refractivity contribution < 1.29 is 0 Å². The van der Waals surface area contributed by atoms with Crippen molar-refractivity contribution in [1.29, 1.82) is 0 Å². The Morgan fingerprint density at radius 3 is 2.48 bits per heavy atom. The van der Waals surface area contributed by atoms with E-state index >= 15 is 0 Å². The van der Waals surface area contributed by atoms with E-state index in [1.807, 2.05) is 17.7 Å². The Bertz CT molecular complexity index is 574. The number of anilines is 2. The minimum atomic E-state index is 0.593. The summed E-state index contributed by atoms with van der Waals surface area (Å²) in [5, 5.41) is 3.16. The maximum atomic E-state index is 4.59. The van der Waals surface area contributed by atoms with Gasteiger partial charge in [0.15, 0.2) is 5.82 Å². The van der Waals surface area contributed by atoms with E-state index in [0.29, 0.717) is 17.7 Å². The van der Waals surface area contributed by atoms with E-state index in [1.54, 1.807) is 6.20 Å². The second-order valence-corrected chi connectivity index (χ2v) is 4.52. The van der Waals surface area contributed by atoms with Crippen molar-refractivity contribution in [3.05, 3.63) is 12.4 Å². The van der Waals surface area contributed by atoms with E-state index in [4.69, 9.17) is 0 Å². The normalized spacial score (nSPS) is 10.7. The molecule has 0 fully saturated rings. The Morgan fingerprint density at radius 1 is 1.10 bits per heavy atom. The van der Waals surface area contributed by atoms with Gasteiger partial charge in [0.1, 0.15) is 0 Å². The highest BCUT2D eigenvalue weighted by Crippen LogP contribution is 2.18. The second-order valence-electron chi connectivity index (χ2n) is 4.52. The zero-order valence-corrected chi connectivity index (χ0v) is 13.2. The van der Waals surface area contributed by atoms with Crippen LogP contribution in [0.2, 0.25) is 0 Å². The van der Waals surface area contributed by atoms with E-state index in [0.717, 1.165) is 32.0 Å². The predicted octanol–water partition coefficient (Wildman–Crippen LogP) is 2.03. The highest BCUT2D eigenvalue weighted by molar-refractivity contribution is 5.51. The molecule has 114 valence electrons. The molecular weight excluding hydrogens is 266 g/mol. The smallest absolute Gasteiger partial charge is 0.230 e. The first kappa shape index (κ1) is 15.2. The van der Waals surface area contributed by atoms with Crippen LogP contribution in [0.3, 0.4) is 0 Å². The molecule has 2 rings (SSSR count). The average Bonchev–Trinajstić information content (AvgIpc) is 2.97. The van der Waals surface area contributed by atoms with E-state index in [9.17, 15) is 0 Å². The first-order valence-corrected chi connectivity index (χ1v) is 7.49. The lowest BCUT2D eigenvalue weighted by molar-refractivity contribution is 0.758. The Hall–Kier alpha value is -2.18. The Labute approximate surface area is 125 Å². The largest absolute Gasteiger partial charge is 0.354 e. The SMILES string of the molecule is CCNc1nc(-c2nccn2CC)nc(N(CC)CC)n1. The highest BCUT2D eigenvalue weighted by atomic mass is 15.3. The molecule has 0 aliphatic carbocycles. The summed E-state index contributed by atoms with van der Waals surface area (Å²) in [5.41, 5.74) is 0. The Balaban J connectivity index is 2.49. The molecule has 0 saturated carbocycles. The molecule has 2 heterocycles. The molecule has 7 nitrogen and oxygen atoms in total. The van der Waals surface area contributed by atoms with Crippen molar-refractivity contribution in [2.45, 2.75) is 34.2 Å². The van der Waals surface area contributed by atoms with Crippen LogP contribution in [0.15, 0.2) is 12.4 Å². The van der Waals surface area contributed by atoms with E-state index in [1.165, 1.54) is 0 Å². The molecule has 1 N–H and O–H groups in total. The molecule has 0 aliphatic heterocycles. The van der Waals surface area contributed by atoms with Crippen LogP contribution < -0.4 is 10.2 Å².